The summed E-state index contributed by atoms with van der Waals surface area (Å²) in [7, 11) is 2.04. The Bertz CT molecular complexity index is 389. The van der Waals surface area contributed by atoms with Crippen LogP contribution in [0.4, 0.5) is 11.4 Å². The summed E-state index contributed by atoms with van der Waals surface area (Å²) in [5.74, 6) is 0. The van der Waals surface area contributed by atoms with Crippen LogP contribution < -0.4 is 10.7 Å². The van der Waals surface area contributed by atoms with Gasteiger partial charge < -0.3 is 5.73 Å². The molecule has 0 aromatic heterocycles. The van der Waals surface area contributed by atoms with Crippen molar-refractivity contribution in [1.29, 1.82) is 0 Å². The second kappa shape index (κ2) is 4.13. The topological polar surface area (TPSA) is 32.5 Å². The molecule has 0 spiro atoms. The monoisotopic (exact) mass is 223 g/mol. The van der Waals surface area contributed by atoms with E-state index in [0.717, 1.165) is 18.7 Å². The van der Waals surface area contributed by atoms with Crippen LogP contribution in [0.25, 0.3) is 0 Å². The molecule has 1 aliphatic heterocycles. The molecule has 0 saturated heterocycles. The van der Waals surface area contributed by atoms with E-state index < -0.39 is 0 Å². The van der Waals surface area contributed by atoms with Crippen LogP contribution in [0.15, 0.2) is 30.5 Å². The van der Waals surface area contributed by atoms with E-state index in [1.807, 2.05) is 30.4 Å². The maximum absolute atomic E-state index is 6.15. The van der Waals surface area contributed by atoms with E-state index in [-0.39, 0.29) is 0 Å². The van der Waals surface area contributed by atoms with Crippen LogP contribution in [0.3, 0.4) is 0 Å². The van der Waals surface area contributed by atoms with Gasteiger partial charge in [0.15, 0.2) is 0 Å². The van der Waals surface area contributed by atoms with E-state index in [2.05, 4.69) is 11.1 Å². The molecule has 80 valence electrons. The molecule has 2 N–H and O–H groups in total. The highest BCUT2D eigenvalue weighted by molar-refractivity contribution is 6.33. The van der Waals surface area contributed by atoms with Gasteiger partial charge in [-0.1, -0.05) is 17.7 Å². The van der Waals surface area contributed by atoms with E-state index in [0.29, 0.717) is 10.7 Å². The molecule has 15 heavy (non-hydrogen) atoms. The molecule has 0 aliphatic carbocycles. The molecule has 0 bridgehead atoms. The fourth-order valence-electron chi connectivity index (χ4n) is 1.63. The van der Waals surface area contributed by atoms with Gasteiger partial charge in [-0.3, -0.25) is 5.01 Å². The zero-order chi connectivity index (χ0) is 10.8. The van der Waals surface area contributed by atoms with Crippen LogP contribution in [0.5, 0.6) is 0 Å². The number of nitrogens with zero attached hydrogens (tertiary/aromatic N) is 2. The smallest absolute Gasteiger partial charge is 0.0760 e. The second-order valence-corrected chi connectivity index (χ2v) is 4.02. The molecular formula is C11H14ClN3. The molecule has 1 aromatic rings. The summed E-state index contributed by atoms with van der Waals surface area (Å²) in [6.45, 7) is 0.997. The summed E-state index contributed by atoms with van der Waals surface area (Å²) < 4.78 is 0. The molecule has 0 atom stereocenters. The number of nitrogen functional groups attached to an aromatic ring is 1. The number of benzene rings is 1. The average molecular weight is 224 g/mol. The second-order valence-electron chi connectivity index (χ2n) is 3.61. The van der Waals surface area contributed by atoms with Crippen molar-refractivity contribution in [2.24, 2.45) is 0 Å². The first kappa shape index (κ1) is 10.3. The SMILES string of the molecule is CN1CCC=CN1c1ccc(N)cc1Cl. The minimum Gasteiger partial charge on any atom is -0.399 e. The van der Waals surface area contributed by atoms with Crippen LogP contribution in [0.1, 0.15) is 6.42 Å². The number of anilines is 2. The predicted molar refractivity (Wildman–Crippen MR) is 64.7 cm³/mol. The van der Waals surface area contributed by atoms with Crippen LogP contribution in [-0.2, 0) is 0 Å². The van der Waals surface area contributed by atoms with Crippen molar-refractivity contribution in [3.63, 3.8) is 0 Å². The molecule has 1 aromatic carbocycles. The van der Waals surface area contributed by atoms with Crippen LogP contribution in [-0.4, -0.2) is 18.6 Å². The van der Waals surface area contributed by atoms with Gasteiger partial charge in [0.1, 0.15) is 0 Å². The van der Waals surface area contributed by atoms with Crippen molar-refractivity contribution >= 4 is 23.0 Å². The summed E-state index contributed by atoms with van der Waals surface area (Å²) in [5, 5.41) is 4.83. The Kier molecular flexibility index (Phi) is 2.84. The Morgan fingerprint density at radius 2 is 2.20 bits per heavy atom. The molecule has 0 fully saturated rings. The van der Waals surface area contributed by atoms with Crippen LogP contribution >= 0.6 is 11.6 Å². The average Bonchev–Trinajstić information content (AvgIpc) is 2.20. The maximum atomic E-state index is 6.15. The number of nitrogens with two attached hydrogens (primary N) is 1. The minimum absolute atomic E-state index is 0.674. The standard InChI is InChI=1S/C11H14ClN3/c1-14-6-2-3-7-15(14)11-5-4-9(13)8-10(11)12/h3-5,7-8H,2,6,13H2,1H3. The highest BCUT2D eigenvalue weighted by atomic mass is 35.5. The quantitative estimate of drug-likeness (QED) is 0.743. The third-order valence-electron chi connectivity index (χ3n) is 2.45. The molecule has 0 amide bonds. The number of hydrogen-bond donors (Lipinski definition) is 1. The molecule has 1 aliphatic rings. The van der Waals surface area contributed by atoms with Crippen molar-refractivity contribution in [3.05, 3.63) is 35.5 Å². The zero-order valence-electron chi connectivity index (χ0n) is 8.65. The number of halogens is 1. The Labute approximate surface area is 94.7 Å². The molecule has 1 heterocycles. The molecule has 3 nitrogen and oxygen atoms in total. The Morgan fingerprint density at radius 3 is 2.87 bits per heavy atom. The van der Waals surface area contributed by atoms with Crippen molar-refractivity contribution in [3.8, 4) is 0 Å². The fraction of sp³-hybridized carbons (Fsp3) is 0.273. The van der Waals surface area contributed by atoms with E-state index in [1.165, 1.54) is 0 Å². The first-order valence-electron chi connectivity index (χ1n) is 4.90. The molecule has 2 rings (SSSR count). The van der Waals surface area contributed by atoms with Crippen molar-refractivity contribution in [2.75, 3.05) is 24.3 Å². The van der Waals surface area contributed by atoms with Crippen molar-refractivity contribution in [1.82, 2.24) is 5.01 Å². The zero-order valence-corrected chi connectivity index (χ0v) is 9.41. The van der Waals surface area contributed by atoms with E-state index >= 15 is 0 Å². The van der Waals surface area contributed by atoms with Gasteiger partial charge in [0.2, 0.25) is 0 Å². The third-order valence-corrected chi connectivity index (χ3v) is 2.76. The van der Waals surface area contributed by atoms with Gasteiger partial charge in [-0.25, -0.2) is 5.01 Å². The Hall–Kier alpha value is -1.19. The largest absolute Gasteiger partial charge is 0.399 e. The predicted octanol–water partition coefficient (Wildman–Crippen LogP) is 2.49. The summed E-state index contributed by atoms with van der Waals surface area (Å²) in [6, 6.07) is 5.56. The van der Waals surface area contributed by atoms with Crippen LogP contribution in [0, 0.1) is 0 Å². The lowest BCUT2D eigenvalue weighted by Crippen LogP contribution is -2.38. The molecule has 0 saturated carbocycles. The van der Waals surface area contributed by atoms with Gasteiger partial charge in [-0.15, -0.1) is 0 Å². The third kappa shape index (κ3) is 2.08. The molecule has 0 unspecified atom stereocenters. The van der Waals surface area contributed by atoms with Crippen LogP contribution in [0.2, 0.25) is 5.02 Å². The first-order chi connectivity index (χ1) is 7.18. The number of rotatable bonds is 1. The van der Waals surface area contributed by atoms with Gasteiger partial charge in [0.05, 0.1) is 10.7 Å². The lowest BCUT2D eigenvalue weighted by molar-refractivity contribution is 0.331. The van der Waals surface area contributed by atoms with E-state index in [1.54, 1.807) is 6.07 Å². The lowest BCUT2D eigenvalue weighted by Gasteiger charge is -2.34. The van der Waals surface area contributed by atoms with Gasteiger partial charge in [0, 0.05) is 25.5 Å². The summed E-state index contributed by atoms with van der Waals surface area (Å²) in [5.41, 5.74) is 7.31. The molecule has 0 radical (unpaired) electrons. The number of hydrazine groups is 1. The first-order valence-corrected chi connectivity index (χ1v) is 5.28. The van der Waals surface area contributed by atoms with Gasteiger partial charge >= 0.3 is 0 Å². The summed E-state index contributed by atoms with van der Waals surface area (Å²) in [4.78, 5) is 0. The van der Waals surface area contributed by atoms with Gasteiger partial charge in [-0.2, -0.15) is 0 Å². The van der Waals surface area contributed by atoms with Gasteiger partial charge in [0.25, 0.3) is 0 Å². The fourth-order valence-corrected chi connectivity index (χ4v) is 1.91. The van der Waals surface area contributed by atoms with Crippen molar-refractivity contribution in [2.45, 2.75) is 6.42 Å². The number of hydrogen-bond acceptors (Lipinski definition) is 3. The van der Waals surface area contributed by atoms with Gasteiger partial charge in [-0.05, 0) is 24.6 Å². The highest BCUT2D eigenvalue weighted by Crippen LogP contribution is 2.29. The van der Waals surface area contributed by atoms with Crippen molar-refractivity contribution < 1.29 is 0 Å². The minimum atomic E-state index is 0.674. The highest BCUT2D eigenvalue weighted by Gasteiger charge is 2.14. The summed E-state index contributed by atoms with van der Waals surface area (Å²) in [6.07, 6.45) is 5.23. The lowest BCUT2D eigenvalue weighted by atomic mass is 10.2. The summed E-state index contributed by atoms with van der Waals surface area (Å²) >= 11 is 6.15. The maximum Gasteiger partial charge on any atom is 0.0760 e. The van der Waals surface area contributed by atoms with E-state index in [4.69, 9.17) is 17.3 Å². The molecule has 4 heteroatoms. The molecular weight excluding hydrogens is 210 g/mol. The normalized spacial score (nSPS) is 17.1. The van der Waals surface area contributed by atoms with E-state index in [9.17, 15) is 0 Å². The Balaban J connectivity index is 2.36. The Morgan fingerprint density at radius 1 is 1.40 bits per heavy atom.